The predicted molar refractivity (Wildman–Crippen MR) is 133 cm³/mol. The third-order valence-electron chi connectivity index (χ3n) is 4.60. The van der Waals surface area contributed by atoms with Gasteiger partial charge in [-0.05, 0) is 48.5 Å². The highest BCUT2D eigenvalue weighted by atomic mass is 79.9. The minimum atomic E-state index is -0.631. The molecule has 12 heteroatoms. The second kappa shape index (κ2) is 12.3. The maximum atomic E-state index is 12.7. The van der Waals surface area contributed by atoms with Gasteiger partial charge in [0.2, 0.25) is 0 Å². The van der Waals surface area contributed by atoms with Crippen molar-refractivity contribution in [2.75, 3.05) is 20.8 Å². The van der Waals surface area contributed by atoms with Gasteiger partial charge in [-0.1, -0.05) is 15.9 Å². The van der Waals surface area contributed by atoms with Crippen molar-refractivity contribution in [2.24, 2.45) is 5.10 Å². The van der Waals surface area contributed by atoms with Crippen molar-refractivity contribution >= 4 is 39.7 Å². The number of hydrogen-bond donors (Lipinski definition) is 1. The molecular formula is C24H20BrN3O8. The first-order chi connectivity index (χ1) is 17.3. The normalized spacial score (nSPS) is 10.5. The lowest BCUT2D eigenvalue weighted by molar-refractivity contribution is -0.384. The zero-order valence-corrected chi connectivity index (χ0v) is 20.7. The Hall–Kier alpha value is -4.45. The molecule has 186 valence electrons. The first-order valence-electron chi connectivity index (χ1n) is 10.2. The summed E-state index contributed by atoms with van der Waals surface area (Å²) in [7, 11) is 2.95. The molecule has 0 spiro atoms. The van der Waals surface area contributed by atoms with Gasteiger partial charge in [-0.25, -0.2) is 10.2 Å². The topological polar surface area (TPSA) is 139 Å². The SMILES string of the molecule is COc1ccc(C(=O)Oc2ccc(Br)cc2C=NNC(=O)COc2ccc([N+](=O)[O-])cc2)cc1OC. The highest BCUT2D eigenvalue weighted by molar-refractivity contribution is 9.10. The number of methoxy groups -OCH3 is 2. The van der Waals surface area contributed by atoms with E-state index in [0.717, 1.165) is 0 Å². The number of non-ortho nitro benzene ring substituents is 1. The second-order valence-corrected chi connectivity index (χ2v) is 7.89. The quantitative estimate of drug-likeness (QED) is 0.129. The van der Waals surface area contributed by atoms with Crippen LogP contribution >= 0.6 is 15.9 Å². The summed E-state index contributed by atoms with van der Waals surface area (Å²) in [5.41, 5.74) is 2.87. The first-order valence-corrected chi connectivity index (χ1v) is 11.0. The molecule has 0 bridgehead atoms. The molecule has 1 N–H and O–H groups in total. The summed E-state index contributed by atoms with van der Waals surface area (Å²) in [5.74, 6) is 0.146. The van der Waals surface area contributed by atoms with Crippen LogP contribution in [0.5, 0.6) is 23.0 Å². The van der Waals surface area contributed by atoms with E-state index in [1.54, 1.807) is 30.3 Å². The molecule has 3 rings (SSSR count). The third-order valence-corrected chi connectivity index (χ3v) is 5.10. The number of nitrogens with one attached hydrogen (secondary N) is 1. The number of esters is 1. The molecule has 11 nitrogen and oxygen atoms in total. The van der Waals surface area contributed by atoms with E-state index in [1.165, 1.54) is 50.8 Å². The van der Waals surface area contributed by atoms with Crippen molar-refractivity contribution < 1.29 is 33.5 Å². The number of carbonyl (C=O) groups is 2. The molecule has 0 fully saturated rings. The zero-order chi connectivity index (χ0) is 26.1. The van der Waals surface area contributed by atoms with Crippen LogP contribution in [0.2, 0.25) is 0 Å². The van der Waals surface area contributed by atoms with Crippen LogP contribution in [0.25, 0.3) is 0 Å². The lowest BCUT2D eigenvalue weighted by Crippen LogP contribution is -2.24. The van der Waals surface area contributed by atoms with Gasteiger partial charge in [-0.2, -0.15) is 5.10 Å². The molecule has 0 aliphatic rings. The number of rotatable bonds is 10. The van der Waals surface area contributed by atoms with Crippen LogP contribution in [-0.2, 0) is 4.79 Å². The van der Waals surface area contributed by atoms with Gasteiger partial charge in [0.25, 0.3) is 11.6 Å². The lowest BCUT2D eigenvalue weighted by atomic mass is 10.2. The summed E-state index contributed by atoms with van der Waals surface area (Å²) >= 11 is 3.35. The molecule has 0 radical (unpaired) electrons. The Morgan fingerprint density at radius 1 is 1.00 bits per heavy atom. The Morgan fingerprint density at radius 2 is 1.69 bits per heavy atom. The largest absolute Gasteiger partial charge is 0.493 e. The van der Waals surface area contributed by atoms with E-state index in [2.05, 4.69) is 26.5 Å². The molecule has 0 heterocycles. The molecule has 1 amide bonds. The monoisotopic (exact) mass is 557 g/mol. The van der Waals surface area contributed by atoms with Crippen LogP contribution in [0.3, 0.4) is 0 Å². The molecule has 0 aliphatic heterocycles. The van der Waals surface area contributed by atoms with Gasteiger partial charge >= 0.3 is 5.97 Å². The number of hydrogen-bond acceptors (Lipinski definition) is 9. The predicted octanol–water partition coefficient (Wildman–Crippen LogP) is 4.12. The smallest absolute Gasteiger partial charge is 0.343 e. The van der Waals surface area contributed by atoms with Crippen molar-refractivity contribution in [2.45, 2.75) is 0 Å². The Bertz CT molecular complexity index is 1300. The number of nitro benzene ring substituents is 1. The molecule has 0 saturated heterocycles. The molecule has 36 heavy (non-hydrogen) atoms. The average molecular weight is 558 g/mol. The summed E-state index contributed by atoms with van der Waals surface area (Å²) in [5, 5.41) is 14.6. The average Bonchev–Trinajstić information content (AvgIpc) is 2.88. The summed E-state index contributed by atoms with van der Waals surface area (Å²) in [6, 6.07) is 14.8. The van der Waals surface area contributed by atoms with Gasteiger partial charge in [-0.15, -0.1) is 0 Å². The number of halogens is 1. The molecule has 0 aliphatic carbocycles. The van der Waals surface area contributed by atoms with Gasteiger partial charge in [-0.3, -0.25) is 14.9 Å². The number of benzene rings is 3. The molecule has 0 unspecified atom stereocenters. The van der Waals surface area contributed by atoms with Gasteiger partial charge in [0.1, 0.15) is 11.5 Å². The number of amides is 1. The van der Waals surface area contributed by atoms with Gasteiger partial charge in [0, 0.05) is 22.2 Å². The minimum Gasteiger partial charge on any atom is -0.493 e. The fourth-order valence-electron chi connectivity index (χ4n) is 2.85. The zero-order valence-electron chi connectivity index (χ0n) is 19.1. The Balaban J connectivity index is 1.62. The summed E-state index contributed by atoms with van der Waals surface area (Å²) < 4.78 is 21.9. The number of hydrazone groups is 1. The maximum Gasteiger partial charge on any atom is 0.343 e. The number of ether oxygens (including phenoxy) is 4. The molecule has 3 aromatic rings. The fourth-order valence-corrected chi connectivity index (χ4v) is 3.23. The van der Waals surface area contributed by atoms with Gasteiger partial charge < -0.3 is 18.9 Å². The molecular weight excluding hydrogens is 538 g/mol. The van der Waals surface area contributed by atoms with Crippen LogP contribution in [-0.4, -0.2) is 43.8 Å². The van der Waals surface area contributed by atoms with Crippen LogP contribution in [0, 0.1) is 10.1 Å². The van der Waals surface area contributed by atoms with Gasteiger partial charge in [0.15, 0.2) is 18.1 Å². The van der Waals surface area contributed by atoms with Crippen LogP contribution in [0.15, 0.2) is 70.2 Å². The Morgan fingerprint density at radius 3 is 2.36 bits per heavy atom. The Kier molecular flexibility index (Phi) is 8.95. The summed E-state index contributed by atoms with van der Waals surface area (Å²) in [4.78, 5) is 34.9. The molecule has 0 aromatic heterocycles. The van der Waals surface area contributed by atoms with E-state index >= 15 is 0 Å². The van der Waals surface area contributed by atoms with Gasteiger partial charge in [0.05, 0.1) is 30.9 Å². The molecule has 0 atom stereocenters. The van der Waals surface area contributed by atoms with Crippen molar-refractivity contribution in [3.8, 4) is 23.0 Å². The third kappa shape index (κ3) is 7.03. The Labute approximate surface area is 213 Å². The summed E-state index contributed by atoms with van der Waals surface area (Å²) in [6.45, 7) is -0.366. The highest BCUT2D eigenvalue weighted by Crippen LogP contribution is 2.29. The molecule has 0 saturated carbocycles. The van der Waals surface area contributed by atoms with Crippen molar-refractivity contribution in [1.82, 2.24) is 5.43 Å². The van der Waals surface area contributed by atoms with E-state index in [4.69, 9.17) is 18.9 Å². The second-order valence-electron chi connectivity index (χ2n) is 6.97. The lowest BCUT2D eigenvalue weighted by Gasteiger charge is -2.11. The van der Waals surface area contributed by atoms with E-state index in [0.29, 0.717) is 21.5 Å². The minimum absolute atomic E-state index is 0.0898. The van der Waals surface area contributed by atoms with E-state index in [-0.39, 0.29) is 29.4 Å². The number of nitrogens with zero attached hydrogens (tertiary/aromatic N) is 2. The number of carbonyl (C=O) groups excluding carboxylic acids is 2. The standard InChI is InChI=1S/C24H20BrN3O8/c1-33-21-9-3-15(12-22(21)34-2)24(30)36-20-10-4-17(25)11-16(20)13-26-27-23(29)14-35-19-7-5-18(6-8-19)28(31)32/h3-13H,14H2,1-2H3,(H,27,29). The van der Waals surface area contributed by atoms with Crippen molar-refractivity contribution in [3.63, 3.8) is 0 Å². The van der Waals surface area contributed by atoms with E-state index in [9.17, 15) is 19.7 Å². The fraction of sp³-hybridized carbons (Fsp3) is 0.125. The first kappa shape index (κ1) is 26.2. The van der Waals surface area contributed by atoms with Crippen LogP contribution < -0.4 is 24.4 Å². The summed E-state index contributed by atoms with van der Waals surface area (Å²) in [6.07, 6.45) is 1.31. The number of nitro groups is 1. The van der Waals surface area contributed by atoms with Crippen molar-refractivity contribution in [3.05, 3.63) is 86.4 Å². The van der Waals surface area contributed by atoms with E-state index in [1.807, 2.05) is 0 Å². The van der Waals surface area contributed by atoms with Crippen molar-refractivity contribution in [1.29, 1.82) is 0 Å². The highest BCUT2D eigenvalue weighted by Gasteiger charge is 2.15. The molecule has 3 aromatic carbocycles. The van der Waals surface area contributed by atoms with E-state index < -0.39 is 16.8 Å². The van der Waals surface area contributed by atoms with Crippen LogP contribution in [0.4, 0.5) is 5.69 Å². The maximum absolute atomic E-state index is 12.7. The van der Waals surface area contributed by atoms with Crippen LogP contribution in [0.1, 0.15) is 15.9 Å².